The fraction of sp³-hybridized carbons (Fsp3) is 0.250. The number of methoxy groups -OCH3 is 2. The van der Waals surface area contributed by atoms with E-state index in [2.05, 4.69) is 15.2 Å². The molecule has 0 atom stereocenters. The molecule has 0 aliphatic carbocycles. The molecule has 0 saturated carbocycles. The third-order valence-corrected chi connectivity index (χ3v) is 5.40. The van der Waals surface area contributed by atoms with Crippen LogP contribution in [0.25, 0.3) is 17.1 Å². The number of nitrogens with zero attached hydrogens (tertiary/aromatic N) is 4. The number of hydrogen-bond donors (Lipinski definition) is 1. The quantitative estimate of drug-likeness (QED) is 0.367. The van der Waals surface area contributed by atoms with Gasteiger partial charge >= 0.3 is 0 Å². The highest BCUT2D eigenvalue weighted by Gasteiger charge is 2.26. The number of aromatic nitrogens is 4. The molecule has 0 aliphatic rings. The van der Waals surface area contributed by atoms with Crippen LogP contribution in [0, 0.1) is 0 Å². The van der Waals surface area contributed by atoms with Crippen molar-refractivity contribution in [3.8, 4) is 34.5 Å². The van der Waals surface area contributed by atoms with Crippen molar-refractivity contribution >= 4 is 11.6 Å². The maximum atomic E-state index is 13.8. The second kappa shape index (κ2) is 10.6. The van der Waals surface area contributed by atoms with Crippen LogP contribution in [-0.4, -0.2) is 45.7 Å². The maximum absolute atomic E-state index is 13.8. The fourth-order valence-corrected chi connectivity index (χ4v) is 3.64. The molecule has 2 aromatic heterocycles. The largest absolute Gasteiger partial charge is 0.494 e. The van der Waals surface area contributed by atoms with E-state index >= 15 is 0 Å². The van der Waals surface area contributed by atoms with Crippen molar-refractivity contribution in [1.29, 1.82) is 0 Å². The Morgan fingerprint density at radius 2 is 1.74 bits per heavy atom. The number of rotatable bonds is 9. The minimum Gasteiger partial charge on any atom is -0.494 e. The molecule has 4 aromatic rings. The number of aromatic hydroxyl groups is 1. The highest BCUT2D eigenvalue weighted by Crippen LogP contribution is 2.34. The summed E-state index contributed by atoms with van der Waals surface area (Å²) in [5.74, 6) is 0.377. The number of halogens is 1. The molecule has 35 heavy (non-hydrogen) atoms. The van der Waals surface area contributed by atoms with Crippen LogP contribution in [0.1, 0.15) is 24.2 Å². The van der Waals surface area contributed by atoms with E-state index in [1.165, 1.54) is 18.8 Å². The summed E-state index contributed by atoms with van der Waals surface area (Å²) >= 11 is 5.94. The summed E-state index contributed by atoms with van der Waals surface area (Å²) in [4.78, 5) is 18.0. The lowest BCUT2D eigenvalue weighted by Crippen LogP contribution is -2.26. The first-order valence-corrected chi connectivity index (χ1v) is 11.1. The van der Waals surface area contributed by atoms with Crippen LogP contribution >= 0.6 is 11.6 Å². The van der Waals surface area contributed by atoms with E-state index in [1.807, 2.05) is 12.1 Å². The molecule has 182 valence electrons. The Morgan fingerprint density at radius 1 is 1.06 bits per heavy atom. The van der Waals surface area contributed by atoms with Crippen LogP contribution in [-0.2, 0) is 17.8 Å². The summed E-state index contributed by atoms with van der Waals surface area (Å²) in [6, 6.07) is 12.2. The SMILES string of the molecule is CCOCc1nc(O)c(-c2nnc(Cc3ccc(Cl)cc3)o2)c(=O)n1-c1c(OC)cccc1OC. The van der Waals surface area contributed by atoms with Crippen LogP contribution in [0.4, 0.5) is 0 Å². The Bertz CT molecular complexity index is 1360. The standard InChI is InChI=1S/C24H23ClN4O6/c1-4-34-13-18-26-22(30)20(23-28-27-19(35-23)12-14-8-10-15(25)11-9-14)24(31)29(18)21-16(32-2)6-5-7-17(21)33-3/h5-11,30H,4,12-13H2,1-3H3. The molecule has 10 nitrogen and oxygen atoms in total. The smallest absolute Gasteiger partial charge is 0.275 e. The molecular formula is C24H23ClN4O6. The molecule has 0 unspecified atom stereocenters. The predicted molar refractivity (Wildman–Crippen MR) is 127 cm³/mol. The van der Waals surface area contributed by atoms with Crippen molar-refractivity contribution in [1.82, 2.24) is 19.7 Å². The third-order valence-electron chi connectivity index (χ3n) is 5.14. The lowest BCUT2D eigenvalue weighted by atomic mass is 10.1. The number of ether oxygens (including phenoxy) is 3. The van der Waals surface area contributed by atoms with Crippen molar-refractivity contribution in [2.45, 2.75) is 20.0 Å². The fourth-order valence-electron chi connectivity index (χ4n) is 3.52. The molecule has 0 spiro atoms. The van der Waals surface area contributed by atoms with E-state index < -0.39 is 11.4 Å². The highest BCUT2D eigenvalue weighted by atomic mass is 35.5. The van der Waals surface area contributed by atoms with E-state index in [0.717, 1.165) is 5.56 Å². The summed E-state index contributed by atoms with van der Waals surface area (Å²) in [5, 5.41) is 19.3. The highest BCUT2D eigenvalue weighted by molar-refractivity contribution is 6.30. The van der Waals surface area contributed by atoms with Crippen LogP contribution in [0.15, 0.2) is 51.7 Å². The normalized spacial score (nSPS) is 11.0. The van der Waals surface area contributed by atoms with Gasteiger partial charge in [-0.1, -0.05) is 29.8 Å². The summed E-state index contributed by atoms with van der Waals surface area (Å²) < 4.78 is 23.4. The summed E-state index contributed by atoms with van der Waals surface area (Å²) in [7, 11) is 2.95. The first kappa shape index (κ1) is 24.2. The average molecular weight is 499 g/mol. The van der Waals surface area contributed by atoms with Crippen molar-refractivity contribution in [3.05, 3.63) is 75.1 Å². The Morgan fingerprint density at radius 3 is 2.37 bits per heavy atom. The molecule has 1 N–H and O–H groups in total. The van der Waals surface area contributed by atoms with Gasteiger partial charge in [-0.05, 0) is 36.8 Å². The third kappa shape index (κ3) is 4.98. The minimum atomic E-state index is -0.656. The molecule has 0 amide bonds. The van der Waals surface area contributed by atoms with Gasteiger partial charge in [0.1, 0.15) is 29.6 Å². The average Bonchev–Trinajstić information content (AvgIpc) is 3.31. The van der Waals surface area contributed by atoms with E-state index in [0.29, 0.717) is 35.2 Å². The van der Waals surface area contributed by atoms with Gasteiger partial charge in [-0.15, -0.1) is 10.2 Å². The molecule has 4 rings (SSSR count). The zero-order valence-corrected chi connectivity index (χ0v) is 20.1. The second-order valence-electron chi connectivity index (χ2n) is 7.32. The number of para-hydroxylation sites is 1. The zero-order valence-electron chi connectivity index (χ0n) is 19.3. The summed E-state index contributed by atoms with van der Waals surface area (Å²) in [5.41, 5.74) is 0.270. The van der Waals surface area contributed by atoms with Crippen molar-refractivity contribution < 1.29 is 23.7 Å². The van der Waals surface area contributed by atoms with Gasteiger partial charge in [-0.25, -0.2) is 0 Å². The lowest BCUT2D eigenvalue weighted by molar-refractivity contribution is 0.125. The molecule has 0 saturated heterocycles. The van der Waals surface area contributed by atoms with Crippen LogP contribution in [0.2, 0.25) is 5.02 Å². The molecule has 0 radical (unpaired) electrons. The Labute approximate surface area is 205 Å². The van der Waals surface area contributed by atoms with Crippen LogP contribution < -0.4 is 15.0 Å². The first-order chi connectivity index (χ1) is 17.0. The number of hydrogen-bond acceptors (Lipinski definition) is 9. The Balaban J connectivity index is 1.86. The van der Waals surface area contributed by atoms with Gasteiger partial charge in [-0.3, -0.25) is 9.36 Å². The van der Waals surface area contributed by atoms with E-state index in [9.17, 15) is 9.90 Å². The van der Waals surface area contributed by atoms with E-state index in [-0.39, 0.29) is 29.8 Å². The Kier molecular flexibility index (Phi) is 7.33. The van der Waals surface area contributed by atoms with Gasteiger partial charge in [0.15, 0.2) is 5.56 Å². The predicted octanol–water partition coefficient (Wildman–Crippen LogP) is 3.79. The van der Waals surface area contributed by atoms with Gasteiger partial charge in [-0.2, -0.15) is 4.98 Å². The second-order valence-corrected chi connectivity index (χ2v) is 7.76. The van der Waals surface area contributed by atoms with Crippen molar-refractivity contribution in [2.75, 3.05) is 20.8 Å². The number of benzene rings is 2. The van der Waals surface area contributed by atoms with Crippen LogP contribution in [0.3, 0.4) is 0 Å². The van der Waals surface area contributed by atoms with Gasteiger partial charge in [0.05, 0.1) is 20.6 Å². The van der Waals surface area contributed by atoms with Crippen molar-refractivity contribution in [2.24, 2.45) is 0 Å². The van der Waals surface area contributed by atoms with Gasteiger partial charge in [0.2, 0.25) is 11.8 Å². The lowest BCUT2D eigenvalue weighted by Gasteiger charge is -2.18. The van der Waals surface area contributed by atoms with Gasteiger partial charge in [0, 0.05) is 11.6 Å². The monoisotopic (exact) mass is 498 g/mol. The topological polar surface area (TPSA) is 122 Å². The molecule has 0 bridgehead atoms. The Hall–Kier alpha value is -3.89. The molecule has 2 aromatic carbocycles. The molecule has 0 fully saturated rings. The zero-order chi connectivity index (χ0) is 24.9. The first-order valence-electron chi connectivity index (χ1n) is 10.7. The van der Waals surface area contributed by atoms with Crippen molar-refractivity contribution in [3.63, 3.8) is 0 Å². The maximum Gasteiger partial charge on any atom is 0.275 e. The van der Waals surface area contributed by atoms with E-state index in [1.54, 1.807) is 37.3 Å². The molecule has 11 heteroatoms. The molecule has 2 heterocycles. The van der Waals surface area contributed by atoms with Gasteiger partial charge < -0.3 is 23.7 Å². The molecule has 0 aliphatic heterocycles. The summed E-state index contributed by atoms with van der Waals surface area (Å²) in [6.45, 7) is 2.13. The molecular weight excluding hydrogens is 476 g/mol. The van der Waals surface area contributed by atoms with Crippen LogP contribution in [0.5, 0.6) is 17.4 Å². The minimum absolute atomic E-state index is 0.0492. The van der Waals surface area contributed by atoms with E-state index in [4.69, 9.17) is 30.2 Å². The van der Waals surface area contributed by atoms with Gasteiger partial charge in [0.25, 0.3) is 11.4 Å². The summed E-state index contributed by atoms with van der Waals surface area (Å²) in [6.07, 6.45) is 0.315.